The van der Waals surface area contributed by atoms with E-state index >= 15 is 0 Å². The molecule has 312 valence electrons. The first-order chi connectivity index (χ1) is 27.8. The molecule has 6 atom stereocenters. The zero-order valence-electron chi connectivity index (χ0n) is 33.1. The summed E-state index contributed by atoms with van der Waals surface area (Å²) in [6, 6.07) is 9.56. The number of benzene rings is 2. The predicted molar refractivity (Wildman–Crippen MR) is 214 cm³/mol. The number of carboxylic acid groups (broad SMARTS) is 1. The summed E-state index contributed by atoms with van der Waals surface area (Å²) in [5.41, 5.74) is 7.22. The highest BCUT2D eigenvalue weighted by Crippen LogP contribution is 2.37. The number of nitrogens with zero attached hydrogens (tertiary/aromatic N) is 2. The maximum absolute atomic E-state index is 14.4. The molecule has 1 saturated carbocycles. The van der Waals surface area contributed by atoms with Gasteiger partial charge in [-0.3, -0.25) is 24.0 Å². The van der Waals surface area contributed by atoms with E-state index in [1.807, 2.05) is 13.0 Å². The van der Waals surface area contributed by atoms with Gasteiger partial charge in [-0.2, -0.15) is 0 Å². The average molecular weight is 801 g/mol. The molecule has 2 heterocycles. The minimum Gasteiger partial charge on any atom is -0.508 e. The molecule has 0 unspecified atom stereocenters. The van der Waals surface area contributed by atoms with Gasteiger partial charge in [0, 0.05) is 44.2 Å². The lowest BCUT2D eigenvalue weighted by molar-refractivity contribution is -0.145. The molecule has 58 heavy (non-hydrogen) atoms. The van der Waals surface area contributed by atoms with Crippen LogP contribution in [0.5, 0.6) is 5.75 Å². The topological polar surface area (TPSA) is 249 Å². The molecule has 1 aliphatic carbocycles. The van der Waals surface area contributed by atoms with Crippen LogP contribution in [0.1, 0.15) is 75.6 Å². The molecule has 0 spiro atoms. The maximum atomic E-state index is 14.4. The SMILES string of the molecule is CC[C@H](C)[C@H](NC(=O)[C@H](Cc1ccc(O)cc1)NC(=O)C1(CN)CCCC1)C(=O)N[C@@H](Cc1cnc[nH]1)C(=O)N1CCC[C@H]1C(=O)N[C@@H](Cc1ccccc1)C(=O)O. The fourth-order valence-corrected chi connectivity index (χ4v) is 7.82. The van der Waals surface area contributed by atoms with Crippen LogP contribution in [0.3, 0.4) is 0 Å². The van der Waals surface area contributed by atoms with Crippen molar-refractivity contribution in [1.82, 2.24) is 36.1 Å². The molecule has 2 fully saturated rings. The number of rotatable bonds is 19. The van der Waals surface area contributed by atoms with E-state index in [1.54, 1.807) is 43.3 Å². The maximum Gasteiger partial charge on any atom is 0.326 e. The summed E-state index contributed by atoms with van der Waals surface area (Å²) < 4.78 is 0. The van der Waals surface area contributed by atoms with Crippen molar-refractivity contribution in [2.45, 2.75) is 108 Å². The number of amides is 5. The molecule has 5 amide bonds. The van der Waals surface area contributed by atoms with Gasteiger partial charge in [0.25, 0.3) is 0 Å². The Bertz CT molecular complexity index is 1870. The Hall–Kier alpha value is -5.77. The van der Waals surface area contributed by atoms with Crippen LogP contribution in [0.2, 0.25) is 0 Å². The summed E-state index contributed by atoms with van der Waals surface area (Å²) >= 11 is 0. The Balaban J connectivity index is 1.35. The number of hydrogen-bond donors (Lipinski definition) is 8. The van der Waals surface area contributed by atoms with Crippen molar-refractivity contribution in [3.05, 3.63) is 83.9 Å². The number of nitrogens with one attached hydrogen (secondary N) is 5. The molecule has 16 heteroatoms. The predicted octanol–water partition coefficient (Wildman–Crippen LogP) is 1.72. The van der Waals surface area contributed by atoms with Gasteiger partial charge in [0.05, 0.1) is 11.7 Å². The van der Waals surface area contributed by atoms with E-state index in [1.165, 1.54) is 29.6 Å². The molecule has 1 aliphatic heterocycles. The number of imidazole rings is 1. The number of H-pyrrole nitrogens is 1. The number of likely N-dealkylation sites (tertiary alicyclic amines) is 1. The van der Waals surface area contributed by atoms with E-state index in [0.29, 0.717) is 43.4 Å². The lowest BCUT2D eigenvalue weighted by atomic mass is 9.84. The Kier molecular flexibility index (Phi) is 15.0. The summed E-state index contributed by atoms with van der Waals surface area (Å²) in [5.74, 6) is -4.32. The fraction of sp³-hybridized carbons (Fsp3) is 0.500. The van der Waals surface area contributed by atoms with Gasteiger partial charge < -0.3 is 47.1 Å². The van der Waals surface area contributed by atoms with E-state index in [-0.39, 0.29) is 44.0 Å². The smallest absolute Gasteiger partial charge is 0.326 e. The van der Waals surface area contributed by atoms with E-state index in [0.717, 1.165) is 18.4 Å². The van der Waals surface area contributed by atoms with Crippen molar-refractivity contribution >= 4 is 35.5 Å². The largest absolute Gasteiger partial charge is 0.508 e. The number of aromatic nitrogens is 2. The molecule has 9 N–H and O–H groups in total. The van der Waals surface area contributed by atoms with E-state index in [9.17, 15) is 39.0 Å². The molecule has 1 saturated heterocycles. The van der Waals surface area contributed by atoms with Crippen molar-refractivity contribution in [2.24, 2.45) is 17.1 Å². The Morgan fingerprint density at radius 2 is 1.53 bits per heavy atom. The highest BCUT2D eigenvalue weighted by atomic mass is 16.4. The third-order valence-corrected chi connectivity index (χ3v) is 11.6. The summed E-state index contributed by atoms with van der Waals surface area (Å²) in [7, 11) is 0. The first-order valence-electron chi connectivity index (χ1n) is 20.1. The summed E-state index contributed by atoms with van der Waals surface area (Å²) in [6.07, 6.45) is 7.20. The van der Waals surface area contributed by atoms with E-state index in [2.05, 4.69) is 31.2 Å². The first kappa shape index (κ1) is 43.4. The average Bonchev–Trinajstić information content (AvgIpc) is 4.03. The van der Waals surface area contributed by atoms with Gasteiger partial charge in [0.1, 0.15) is 36.0 Å². The quantitative estimate of drug-likeness (QED) is 0.0872. The second-order valence-electron chi connectivity index (χ2n) is 15.6. The molecule has 0 bridgehead atoms. The number of carboxylic acids is 1. The van der Waals surface area contributed by atoms with Crippen LogP contribution in [0, 0.1) is 11.3 Å². The molecular formula is C42H56N8O8. The number of phenolic OH excluding ortho intramolecular Hbond substituents is 1. The van der Waals surface area contributed by atoms with Crippen LogP contribution in [0.4, 0.5) is 0 Å². The Labute approximate surface area is 338 Å². The van der Waals surface area contributed by atoms with Gasteiger partial charge in [-0.25, -0.2) is 9.78 Å². The molecule has 16 nitrogen and oxygen atoms in total. The van der Waals surface area contributed by atoms with Crippen LogP contribution in [-0.2, 0) is 48.0 Å². The number of hydrogen-bond acceptors (Lipinski definition) is 9. The van der Waals surface area contributed by atoms with Crippen LogP contribution in [0.15, 0.2) is 67.1 Å². The standard InChI is InChI=1S/C42H56N8O8/c1-3-26(2)35(49-36(52)31(20-28-13-15-30(51)16-14-28)48-41(58)42(24-43)17-7-8-18-42)38(54)46-32(22-29-23-44-25-45-29)39(55)50-19-9-12-34(50)37(53)47-33(40(56)57)21-27-10-5-4-6-11-27/h4-6,10-11,13-16,23,25-26,31-35,51H,3,7-9,12,17-22,24,43H2,1-2H3,(H,44,45)(H,46,54)(H,47,53)(H,48,58)(H,49,52)(H,56,57)/t26-,31-,32-,33-,34-,35-/m0/s1. The Morgan fingerprint density at radius 1 is 0.862 bits per heavy atom. The number of phenols is 1. The zero-order chi connectivity index (χ0) is 41.8. The lowest BCUT2D eigenvalue weighted by Crippen LogP contribution is -2.61. The second kappa shape index (κ2) is 20.1. The second-order valence-corrected chi connectivity index (χ2v) is 15.6. The minimum absolute atomic E-state index is 0.0109. The minimum atomic E-state index is -1.23. The van der Waals surface area contributed by atoms with Crippen LogP contribution < -0.4 is 27.0 Å². The summed E-state index contributed by atoms with van der Waals surface area (Å²) in [5, 5.41) is 31.0. The number of aromatic amines is 1. The van der Waals surface area contributed by atoms with Crippen molar-refractivity contribution in [1.29, 1.82) is 0 Å². The number of aliphatic carboxylic acids is 1. The van der Waals surface area contributed by atoms with Crippen LogP contribution in [0.25, 0.3) is 0 Å². The normalized spacial score (nSPS) is 18.6. The highest BCUT2D eigenvalue weighted by Gasteiger charge is 2.43. The van der Waals surface area contributed by atoms with Gasteiger partial charge in [-0.15, -0.1) is 0 Å². The van der Waals surface area contributed by atoms with Crippen LogP contribution in [-0.4, -0.2) is 104 Å². The molecular weight excluding hydrogens is 745 g/mol. The highest BCUT2D eigenvalue weighted by molar-refractivity contribution is 5.97. The van der Waals surface area contributed by atoms with Crippen LogP contribution >= 0.6 is 0 Å². The number of aromatic hydroxyl groups is 1. The van der Waals surface area contributed by atoms with E-state index < -0.39 is 71.1 Å². The monoisotopic (exact) mass is 800 g/mol. The number of carbonyl (C=O) groups excluding carboxylic acids is 5. The van der Waals surface area contributed by atoms with Gasteiger partial charge in [-0.1, -0.05) is 75.6 Å². The van der Waals surface area contributed by atoms with Gasteiger partial charge in [-0.05, 0) is 54.9 Å². The number of nitrogens with two attached hydrogens (primary N) is 1. The van der Waals surface area contributed by atoms with Crippen molar-refractivity contribution in [3.8, 4) is 5.75 Å². The summed E-state index contributed by atoms with van der Waals surface area (Å²) in [6.45, 7) is 3.99. The third kappa shape index (κ3) is 11.0. The fourth-order valence-electron chi connectivity index (χ4n) is 7.82. The third-order valence-electron chi connectivity index (χ3n) is 11.6. The molecule has 1 aromatic heterocycles. The molecule has 3 aromatic rings. The molecule has 2 aliphatic rings. The van der Waals surface area contributed by atoms with E-state index in [4.69, 9.17) is 5.73 Å². The van der Waals surface area contributed by atoms with Gasteiger partial charge >= 0.3 is 5.97 Å². The Morgan fingerprint density at radius 3 is 2.16 bits per heavy atom. The molecule has 2 aromatic carbocycles. The van der Waals surface area contributed by atoms with Gasteiger partial charge in [0.15, 0.2) is 0 Å². The summed E-state index contributed by atoms with van der Waals surface area (Å²) in [4.78, 5) is 90.7. The lowest BCUT2D eigenvalue weighted by Gasteiger charge is -2.32. The first-order valence-corrected chi connectivity index (χ1v) is 20.1. The van der Waals surface area contributed by atoms with Gasteiger partial charge in [0.2, 0.25) is 29.5 Å². The number of carbonyl (C=O) groups is 6. The van der Waals surface area contributed by atoms with Crippen molar-refractivity contribution in [2.75, 3.05) is 13.1 Å². The molecule has 5 rings (SSSR count). The molecule has 0 radical (unpaired) electrons. The zero-order valence-corrected chi connectivity index (χ0v) is 33.1. The van der Waals surface area contributed by atoms with Crippen molar-refractivity contribution in [3.63, 3.8) is 0 Å². The van der Waals surface area contributed by atoms with Crippen molar-refractivity contribution < 1.29 is 39.0 Å².